The van der Waals surface area contributed by atoms with Crippen LogP contribution in [-0.4, -0.2) is 48.2 Å². The molecule has 0 spiro atoms. The highest BCUT2D eigenvalue weighted by Gasteiger charge is 2.34. The maximum atomic E-state index is 13.5. The van der Waals surface area contributed by atoms with Crippen LogP contribution >= 0.6 is 11.8 Å². The van der Waals surface area contributed by atoms with Crippen molar-refractivity contribution in [3.8, 4) is 22.8 Å². The monoisotopic (exact) mass is 495 g/mol. The highest BCUT2D eigenvalue weighted by Crippen LogP contribution is 2.32. The maximum absolute atomic E-state index is 13.5. The number of pyridine rings is 1. The first-order valence-electron chi connectivity index (χ1n) is 10.2. The van der Waals surface area contributed by atoms with Crippen molar-refractivity contribution < 1.29 is 27.4 Å². The van der Waals surface area contributed by atoms with Crippen LogP contribution in [0, 0.1) is 0 Å². The van der Waals surface area contributed by atoms with Crippen LogP contribution in [0.3, 0.4) is 0 Å². The minimum Gasteiger partial charge on any atom is -0.493 e. The molecule has 0 aliphatic carbocycles. The Hall–Kier alpha value is -3.05. The van der Waals surface area contributed by atoms with Gasteiger partial charge in [-0.25, -0.2) is 9.97 Å². The quantitative estimate of drug-likeness (QED) is 0.233. The van der Waals surface area contributed by atoms with Gasteiger partial charge in [-0.05, 0) is 36.2 Å². The average molecular weight is 496 g/mol. The van der Waals surface area contributed by atoms with Gasteiger partial charge in [0, 0.05) is 37.3 Å². The van der Waals surface area contributed by atoms with Gasteiger partial charge in [0.05, 0.1) is 26.5 Å². The largest absolute Gasteiger partial charge is 0.493 e. The highest BCUT2D eigenvalue weighted by atomic mass is 32.2. The molecule has 3 rings (SSSR count). The van der Waals surface area contributed by atoms with Gasteiger partial charge in [-0.3, -0.25) is 4.79 Å². The summed E-state index contributed by atoms with van der Waals surface area (Å²) in [6.07, 6.45) is -2.50. The van der Waals surface area contributed by atoms with Crippen LogP contribution < -0.4 is 15.0 Å². The molecule has 0 amide bonds. The third-order valence-electron chi connectivity index (χ3n) is 4.80. The fourth-order valence-corrected chi connectivity index (χ4v) is 3.90. The van der Waals surface area contributed by atoms with Gasteiger partial charge in [-0.1, -0.05) is 17.8 Å². The van der Waals surface area contributed by atoms with Crippen molar-refractivity contribution in [1.29, 1.82) is 0 Å². The number of hydrogen-bond donors (Lipinski definition) is 0. The average Bonchev–Trinajstić information content (AvgIpc) is 2.82. The first kappa shape index (κ1) is 25.6. The summed E-state index contributed by atoms with van der Waals surface area (Å²) in [5.74, 6) is 1.56. The lowest BCUT2D eigenvalue weighted by Crippen LogP contribution is -2.19. The van der Waals surface area contributed by atoms with Crippen molar-refractivity contribution in [2.24, 2.45) is 0 Å². The second kappa shape index (κ2) is 11.4. The molecule has 34 heavy (non-hydrogen) atoms. The molecule has 0 radical (unpaired) electrons. The molecule has 2 heterocycles. The van der Waals surface area contributed by atoms with E-state index in [1.54, 1.807) is 25.3 Å². The zero-order chi connectivity index (χ0) is 24.7. The molecule has 0 atom stereocenters. The minimum atomic E-state index is -4.63. The van der Waals surface area contributed by atoms with E-state index in [9.17, 15) is 18.0 Å². The summed E-state index contributed by atoms with van der Waals surface area (Å²) in [7, 11) is 4.58. The number of ether oxygens (including phenoxy) is 3. The Labute approximate surface area is 198 Å². The van der Waals surface area contributed by atoms with Crippen LogP contribution in [0.1, 0.15) is 17.7 Å². The molecule has 0 aliphatic heterocycles. The summed E-state index contributed by atoms with van der Waals surface area (Å²) in [4.78, 5) is 20.4. The van der Waals surface area contributed by atoms with Gasteiger partial charge >= 0.3 is 6.18 Å². The molecule has 0 bridgehead atoms. The summed E-state index contributed by atoms with van der Waals surface area (Å²) in [5.41, 5.74) is -0.142. The molecule has 0 fully saturated rings. The van der Waals surface area contributed by atoms with Gasteiger partial charge in [-0.15, -0.1) is 0 Å². The molecule has 0 unspecified atom stereocenters. The Balaban J connectivity index is 1.95. The molecule has 3 aromatic rings. The standard InChI is InChI=1S/C23H24F3N3O4S/c1-31-9-4-10-34-22-27-17(12-20(28-22)23(24,25)26)16-6-8-21(30)29(14-16)13-15-5-7-18(32-2)19(11-15)33-3/h5-8,11-12,14H,4,9-10,13H2,1-3H3. The molecular formula is C23H24F3N3O4S. The third kappa shape index (κ3) is 6.51. The number of alkyl halides is 3. The first-order valence-corrected chi connectivity index (χ1v) is 11.2. The predicted octanol–water partition coefficient (Wildman–Crippen LogP) is 4.52. The highest BCUT2D eigenvalue weighted by molar-refractivity contribution is 7.99. The Kier molecular flexibility index (Phi) is 8.56. The lowest BCUT2D eigenvalue weighted by molar-refractivity contribution is -0.141. The normalized spacial score (nSPS) is 11.5. The lowest BCUT2D eigenvalue weighted by atomic mass is 10.1. The van der Waals surface area contributed by atoms with Crippen LogP contribution in [0.15, 0.2) is 52.5 Å². The number of thioether (sulfide) groups is 1. The molecule has 0 aliphatic rings. The molecule has 0 N–H and O–H groups in total. The molecule has 0 saturated carbocycles. The summed E-state index contributed by atoms with van der Waals surface area (Å²) in [6.45, 7) is 0.669. The van der Waals surface area contributed by atoms with E-state index in [1.165, 1.54) is 37.1 Å². The van der Waals surface area contributed by atoms with E-state index in [0.29, 0.717) is 35.8 Å². The smallest absolute Gasteiger partial charge is 0.433 e. The SMILES string of the molecule is COCCCSc1nc(-c2ccc(=O)n(Cc3ccc(OC)c(OC)c3)c2)cc(C(F)(F)F)n1. The van der Waals surface area contributed by atoms with Gasteiger partial charge in [0.2, 0.25) is 0 Å². The molecule has 182 valence electrons. The van der Waals surface area contributed by atoms with E-state index in [4.69, 9.17) is 14.2 Å². The number of methoxy groups -OCH3 is 3. The fourth-order valence-electron chi connectivity index (χ4n) is 3.13. The van der Waals surface area contributed by atoms with Gasteiger partial charge in [-0.2, -0.15) is 13.2 Å². The Morgan fingerprint density at radius 1 is 1.00 bits per heavy atom. The predicted molar refractivity (Wildman–Crippen MR) is 123 cm³/mol. The summed E-state index contributed by atoms with van der Waals surface area (Å²) in [6, 6.07) is 8.88. The maximum Gasteiger partial charge on any atom is 0.433 e. The van der Waals surface area contributed by atoms with Crippen molar-refractivity contribution in [1.82, 2.24) is 14.5 Å². The molecule has 2 aromatic heterocycles. The van der Waals surface area contributed by atoms with Crippen molar-refractivity contribution in [2.45, 2.75) is 24.3 Å². The molecular weight excluding hydrogens is 471 g/mol. The van der Waals surface area contributed by atoms with Crippen LogP contribution in [0.2, 0.25) is 0 Å². The minimum absolute atomic E-state index is 0.0126. The molecule has 1 aromatic carbocycles. The number of halogens is 3. The van der Waals surface area contributed by atoms with E-state index in [1.807, 2.05) is 0 Å². The van der Waals surface area contributed by atoms with Crippen molar-refractivity contribution >= 4 is 11.8 Å². The lowest BCUT2D eigenvalue weighted by Gasteiger charge is -2.13. The zero-order valence-corrected chi connectivity index (χ0v) is 19.7. The number of benzene rings is 1. The second-order valence-electron chi connectivity index (χ2n) is 7.19. The van der Waals surface area contributed by atoms with E-state index < -0.39 is 11.9 Å². The Morgan fingerprint density at radius 2 is 1.76 bits per heavy atom. The van der Waals surface area contributed by atoms with Gasteiger partial charge in [0.25, 0.3) is 5.56 Å². The Morgan fingerprint density at radius 3 is 2.44 bits per heavy atom. The van der Waals surface area contributed by atoms with E-state index in [2.05, 4.69) is 9.97 Å². The van der Waals surface area contributed by atoms with Gasteiger partial charge in [0.1, 0.15) is 5.69 Å². The van der Waals surface area contributed by atoms with E-state index in [-0.39, 0.29) is 23.0 Å². The van der Waals surface area contributed by atoms with E-state index >= 15 is 0 Å². The van der Waals surface area contributed by atoms with Gasteiger partial charge < -0.3 is 18.8 Å². The zero-order valence-electron chi connectivity index (χ0n) is 18.9. The summed E-state index contributed by atoms with van der Waals surface area (Å²) >= 11 is 1.12. The van der Waals surface area contributed by atoms with Crippen molar-refractivity contribution in [3.05, 3.63) is 64.2 Å². The molecule has 11 heteroatoms. The summed E-state index contributed by atoms with van der Waals surface area (Å²) < 4.78 is 57.3. The van der Waals surface area contributed by atoms with Crippen LogP contribution in [-0.2, 0) is 17.5 Å². The van der Waals surface area contributed by atoms with Crippen LogP contribution in [0.4, 0.5) is 13.2 Å². The van der Waals surface area contributed by atoms with Crippen molar-refractivity contribution in [2.75, 3.05) is 33.7 Å². The van der Waals surface area contributed by atoms with Gasteiger partial charge in [0.15, 0.2) is 16.7 Å². The molecule has 0 saturated heterocycles. The third-order valence-corrected chi connectivity index (χ3v) is 5.73. The number of rotatable bonds is 10. The van der Waals surface area contributed by atoms with Crippen LogP contribution in [0.5, 0.6) is 11.5 Å². The first-order chi connectivity index (χ1) is 16.2. The molecule has 7 nitrogen and oxygen atoms in total. The number of aromatic nitrogens is 3. The number of nitrogens with zero attached hydrogens (tertiary/aromatic N) is 3. The fraction of sp³-hybridized carbons (Fsp3) is 0.348. The Bertz CT molecular complexity index is 1180. The number of hydrogen-bond acceptors (Lipinski definition) is 7. The second-order valence-corrected chi connectivity index (χ2v) is 8.25. The van der Waals surface area contributed by atoms with Crippen LogP contribution in [0.25, 0.3) is 11.3 Å². The summed E-state index contributed by atoms with van der Waals surface area (Å²) in [5, 5.41) is 0.0126. The topological polar surface area (TPSA) is 75.5 Å². The van der Waals surface area contributed by atoms with E-state index in [0.717, 1.165) is 23.4 Å². The van der Waals surface area contributed by atoms with Crippen molar-refractivity contribution in [3.63, 3.8) is 0 Å².